The van der Waals surface area contributed by atoms with Crippen LogP contribution >= 0.6 is 11.8 Å². The van der Waals surface area contributed by atoms with E-state index in [1.54, 1.807) is 43.6 Å². The van der Waals surface area contributed by atoms with Crippen molar-refractivity contribution in [2.75, 3.05) is 37.9 Å². The summed E-state index contributed by atoms with van der Waals surface area (Å²) in [5.41, 5.74) is 3.22. The lowest BCUT2D eigenvalue weighted by molar-refractivity contribution is -0.130. The number of hydrogen-bond donors (Lipinski definition) is 2. The van der Waals surface area contributed by atoms with Gasteiger partial charge in [0, 0.05) is 35.9 Å². The first-order valence-electron chi connectivity index (χ1n) is 15.9. The maximum Gasteiger partial charge on any atom is 0.338 e. The summed E-state index contributed by atoms with van der Waals surface area (Å²) >= 11 is 1.02. The zero-order valence-corrected chi connectivity index (χ0v) is 27.5. The van der Waals surface area contributed by atoms with Crippen molar-refractivity contribution in [3.8, 4) is 23.0 Å². The van der Waals surface area contributed by atoms with Crippen molar-refractivity contribution in [3.63, 3.8) is 0 Å². The molecular weight excluding hydrogens is 640 g/mol. The highest BCUT2D eigenvalue weighted by molar-refractivity contribution is 8.00. The number of urea groups is 1. The number of methoxy groups -OCH3 is 1. The molecule has 3 heterocycles. The number of amides is 3. The summed E-state index contributed by atoms with van der Waals surface area (Å²) < 4.78 is 46.7. The predicted molar refractivity (Wildman–Crippen MR) is 180 cm³/mol. The first-order chi connectivity index (χ1) is 23.3. The Kier molecular flexibility index (Phi) is 10.5. The molecule has 2 saturated heterocycles. The molecule has 252 valence electrons. The molecule has 3 aromatic carbocycles. The Hall–Kier alpha value is -4.62. The fraction of sp³-hybridized carbons (Fsp3) is 0.343. The maximum absolute atomic E-state index is 14.4. The van der Waals surface area contributed by atoms with E-state index in [0.29, 0.717) is 46.9 Å². The molecule has 2 aliphatic heterocycles. The van der Waals surface area contributed by atoms with Crippen LogP contribution in [0.2, 0.25) is 0 Å². The lowest BCUT2D eigenvalue weighted by Gasteiger charge is -2.33. The number of carbonyl (C=O) groups excluding carboxylic acids is 2. The van der Waals surface area contributed by atoms with Crippen LogP contribution in [0.3, 0.4) is 0 Å². The number of fused-ring (bicyclic) bond motifs is 1. The van der Waals surface area contributed by atoms with Crippen molar-refractivity contribution in [1.29, 1.82) is 0 Å². The maximum atomic E-state index is 14.4. The Balaban J connectivity index is 1.07. The second-order valence-corrected chi connectivity index (χ2v) is 12.7. The highest BCUT2D eigenvalue weighted by atomic mass is 32.2. The number of hydrazine groups is 1. The number of rotatable bonds is 11. The van der Waals surface area contributed by atoms with Crippen molar-refractivity contribution >= 4 is 40.3 Å². The van der Waals surface area contributed by atoms with Gasteiger partial charge in [-0.1, -0.05) is 12.5 Å². The largest absolute Gasteiger partial charge is 0.493 e. The first-order valence-corrected chi connectivity index (χ1v) is 16.9. The van der Waals surface area contributed by atoms with Gasteiger partial charge >= 0.3 is 6.03 Å². The fourth-order valence-electron chi connectivity index (χ4n) is 5.94. The second-order valence-electron chi connectivity index (χ2n) is 11.7. The number of hydrogen-bond acceptors (Lipinski definition) is 8. The fourth-order valence-corrected chi connectivity index (χ4v) is 7.09. The monoisotopic (exact) mass is 677 g/mol. The summed E-state index contributed by atoms with van der Waals surface area (Å²) in [5.74, 6) is 0.141. The molecule has 2 atom stereocenters. The van der Waals surface area contributed by atoms with Gasteiger partial charge in [0.15, 0.2) is 11.5 Å². The van der Waals surface area contributed by atoms with Gasteiger partial charge in [0.1, 0.15) is 28.5 Å². The number of nitrogens with zero attached hydrogens (tertiary/aromatic N) is 3. The number of benzene rings is 3. The van der Waals surface area contributed by atoms with Gasteiger partial charge in [-0.3, -0.25) is 9.78 Å². The number of carbonyl (C=O) groups is 2. The molecule has 2 unspecified atom stereocenters. The Morgan fingerprint density at radius 3 is 2.58 bits per heavy atom. The Morgan fingerprint density at radius 2 is 1.83 bits per heavy atom. The van der Waals surface area contributed by atoms with E-state index in [-0.39, 0.29) is 11.3 Å². The predicted octanol–water partition coefficient (Wildman–Crippen LogP) is 7.27. The molecular formula is C35H37F2N5O5S. The number of pyridine rings is 1. The van der Waals surface area contributed by atoms with Crippen molar-refractivity contribution in [1.82, 2.24) is 20.3 Å². The van der Waals surface area contributed by atoms with Crippen LogP contribution in [-0.2, 0) is 4.79 Å². The van der Waals surface area contributed by atoms with Crippen LogP contribution in [0.15, 0.2) is 66.9 Å². The van der Waals surface area contributed by atoms with Crippen molar-refractivity contribution in [2.45, 2.75) is 44.0 Å². The van der Waals surface area contributed by atoms with Gasteiger partial charge in [-0.2, -0.15) is 0 Å². The topological polar surface area (TPSA) is 105 Å². The van der Waals surface area contributed by atoms with E-state index in [1.165, 1.54) is 25.3 Å². The van der Waals surface area contributed by atoms with Gasteiger partial charge in [0.2, 0.25) is 0 Å². The van der Waals surface area contributed by atoms with Crippen LogP contribution in [0.4, 0.5) is 19.3 Å². The number of likely N-dealkylation sites (tertiary alicyclic amines) is 1. The number of piperidine rings is 1. The van der Waals surface area contributed by atoms with Crippen LogP contribution in [0.25, 0.3) is 10.9 Å². The molecule has 2 fully saturated rings. The van der Waals surface area contributed by atoms with E-state index in [2.05, 4.69) is 27.6 Å². The molecule has 6 rings (SSSR count). The number of anilines is 1. The summed E-state index contributed by atoms with van der Waals surface area (Å²) in [6, 6.07) is 15.4. The van der Waals surface area contributed by atoms with Crippen molar-refractivity contribution in [3.05, 3.63) is 84.1 Å². The van der Waals surface area contributed by atoms with E-state index in [9.17, 15) is 18.4 Å². The third kappa shape index (κ3) is 7.57. The molecule has 48 heavy (non-hydrogen) atoms. The molecule has 4 aromatic rings. The zero-order chi connectivity index (χ0) is 33.6. The number of aromatic nitrogens is 1. The molecule has 0 spiro atoms. The Bertz CT molecular complexity index is 1760. The van der Waals surface area contributed by atoms with Crippen LogP contribution in [0.5, 0.6) is 23.0 Å². The van der Waals surface area contributed by atoms with E-state index in [0.717, 1.165) is 53.8 Å². The standard InChI is InChI=1S/C35H37F2N5O5S/c1-22-7-3-4-16-41(22)17-6-18-46-31-20-28-25(19-30(31)45-2)29(14-15-38-28)47-24-12-10-23(11-13-24)39-35(44)40-42-32(43)21-48-34(42)33-26(36)8-5-9-27(33)37/h5,8-15,19-20,22,34H,3-4,6-7,16-18,21H2,1-2H3,(H2,39,40,44). The SMILES string of the molecule is COc1cc2c(Oc3ccc(NC(=O)NN4C(=O)CSC4c4c(F)cccc4F)cc3)ccnc2cc1OCCCN1CCCCC1C. The quantitative estimate of drug-likeness (QED) is 0.160. The number of thioether (sulfide) groups is 1. The second kappa shape index (κ2) is 15.1. The minimum atomic E-state index is -1.04. The molecule has 0 bridgehead atoms. The zero-order valence-electron chi connectivity index (χ0n) is 26.7. The average molecular weight is 678 g/mol. The molecule has 0 saturated carbocycles. The summed E-state index contributed by atoms with van der Waals surface area (Å²) in [6.45, 7) is 5.00. The third-order valence-corrected chi connectivity index (χ3v) is 9.63. The molecule has 0 radical (unpaired) electrons. The summed E-state index contributed by atoms with van der Waals surface area (Å²) in [4.78, 5) is 32.2. The average Bonchev–Trinajstić information content (AvgIpc) is 3.43. The summed E-state index contributed by atoms with van der Waals surface area (Å²) in [5, 5.41) is 3.27. The van der Waals surface area contributed by atoms with Crippen LogP contribution in [0.1, 0.15) is 43.5 Å². The highest BCUT2D eigenvalue weighted by Crippen LogP contribution is 2.40. The van der Waals surface area contributed by atoms with Gasteiger partial charge in [0.25, 0.3) is 5.91 Å². The van der Waals surface area contributed by atoms with Crippen molar-refractivity contribution in [2.24, 2.45) is 0 Å². The van der Waals surface area contributed by atoms with Gasteiger partial charge < -0.3 is 24.4 Å². The highest BCUT2D eigenvalue weighted by Gasteiger charge is 2.37. The Labute approximate surface area is 281 Å². The normalized spacial score (nSPS) is 18.2. The molecule has 2 aliphatic rings. The van der Waals surface area contributed by atoms with Crippen LogP contribution in [0, 0.1) is 11.6 Å². The van der Waals surface area contributed by atoms with Crippen LogP contribution in [-0.4, -0.2) is 65.4 Å². The first kappa shape index (κ1) is 33.3. The summed E-state index contributed by atoms with van der Waals surface area (Å²) in [6.07, 6.45) is 6.38. The molecule has 10 nitrogen and oxygen atoms in total. The molecule has 3 amide bonds. The van der Waals surface area contributed by atoms with Gasteiger partial charge in [-0.15, -0.1) is 11.8 Å². The minimum Gasteiger partial charge on any atom is -0.493 e. The molecule has 1 aromatic heterocycles. The lowest BCUT2D eigenvalue weighted by Crippen LogP contribution is -2.46. The van der Waals surface area contributed by atoms with Gasteiger partial charge in [0.05, 0.1) is 30.5 Å². The molecule has 2 N–H and O–H groups in total. The van der Waals surface area contributed by atoms with Crippen molar-refractivity contribution < 1.29 is 32.6 Å². The minimum absolute atomic E-state index is 0.0348. The van der Waals surface area contributed by atoms with E-state index in [4.69, 9.17) is 14.2 Å². The molecule has 13 heteroatoms. The van der Waals surface area contributed by atoms with E-state index in [1.807, 2.05) is 12.1 Å². The van der Waals surface area contributed by atoms with E-state index < -0.39 is 28.9 Å². The van der Waals surface area contributed by atoms with E-state index >= 15 is 0 Å². The van der Waals surface area contributed by atoms with Gasteiger partial charge in [-0.05, 0) is 81.3 Å². The van der Waals surface area contributed by atoms with Crippen LogP contribution < -0.4 is 25.0 Å². The Morgan fingerprint density at radius 1 is 1.04 bits per heavy atom. The summed E-state index contributed by atoms with van der Waals surface area (Å²) in [7, 11) is 1.60. The number of nitrogens with one attached hydrogen (secondary N) is 2. The lowest BCUT2D eigenvalue weighted by atomic mass is 10.0. The smallest absolute Gasteiger partial charge is 0.338 e. The number of ether oxygens (including phenoxy) is 3. The van der Waals surface area contributed by atoms with Gasteiger partial charge in [-0.25, -0.2) is 24.0 Å². The molecule has 0 aliphatic carbocycles. The third-order valence-electron chi connectivity index (χ3n) is 8.45. The number of halogens is 2.